The van der Waals surface area contributed by atoms with Crippen LogP contribution in [-0.4, -0.2) is 65.7 Å². The van der Waals surface area contributed by atoms with Crippen LogP contribution in [0.25, 0.3) is 0 Å². The highest BCUT2D eigenvalue weighted by Gasteiger charge is 2.25. The highest BCUT2D eigenvalue weighted by molar-refractivity contribution is 5.93. The molecule has 1 N–H and O–H groups in total. The molecule has 2 aliphatic rings. The molecule has 1 aromatic heterocycles. The van der Waals surface area contributed by atoms with E-state index in [1.165, 1.54) is 0 Å². The number of ether oxygens (including phenoxy) is 1. The van der Waals surface area contributed by atoms with Crippen LogP contribution in [0.1, 0.15) is 49.9 Å². The fourth-order valence-corrected chi connectivity index (χ4v) is 3.50. The van der Waals surface area contributed by atoms with E-state index in [4.69, 9.17) is 4.74 Å². The van der Waals surface area contributed by atoms with Crippen molar-refractivity contribution in [2.45, 2.75) is 45.6 Å². The Balaban J connectivity index is 1.48. The van der Waals surface area contributed by atoms with E-state index in [2.05, 4.69) is 27.1 Å². The maximum atomic E-state index is 12.5. The van der Waals surface area contributed by atoms with Crippen LogP contribution >= 0.6 is 0 Å². The lowest BCUT2D eigenvalue weighted by Crippen LogP contribution is -2.46. The number of carbonyl (C=O) groups excluding carboxylic acids is 2. The molecule has 2 saturated heterocycles. The van der Waals surface area contributed by atoms with Crippen molar-refractivity contribution in [3.05, 3.63) is 18.0 Å². The minimum atomic E-state index is -0.279. The van der Waals surface area contributed by atoms with Gasteiger partial charge in [-0.25, -0.2) is 14.8 Å². The van der Waals surface area contributed by atoms with Gasteiger partial charge in [0.05, 0.1) is 12.2 Å². The minimum absolute atomic E-state index is 0.0476. The molecular formula is C19H29N5O3. The van der Waals surface area contributed by atoms with Crippen LogP contribution in [0.2, 0.25) is 0 Å². The van der Waals surface area contributed by atoms with Crippen LogP contribution in [0.3, 0.4) is 0 Å². The van der Waals surface area contributed by atoms with Crippen molar-refractivity contribution < 1.29 is 14.3 Å². The third kappa shape index (κ3) is 5.08. The Morgan fingerprint density at radius 2 is 1.74 bits per heavy atom. The van der Waals surface area contributed by atoms with Gasteiger partial charge in [-0.05, 0) is 38.5 Å². The SMILES string of the molecule is CCOC(=O)N1CCC(NC(=O)c2cnc(N3CCC(C)CC3)nc2)CC1. The molecule has 0 radical (unpaired) electrons. The Morgan fingerprint density at radius 1 is 1.11 bits per heavy atom. The Morgan fingerprint density at radius 3 is 2.33 bits per heavy atom. The topological polar surface area (TPSA) is 87.7 Å². The predicted octanol–water partition coefficient (Wildman–Crippen LogP) is 2.06. The molecule has 8 heteroatoms. The average molecular weight is 375 g/mol. The van der Waals surface area contributed by atoms with E-state index in [0.29, 0.717) is 31.2 Å². The summed E-state index contributed by atoms with van der Waals surface area (Å²) in [5.41, 5.74) is 0.469. The Kier molecular flexibility index (Phi) is 6.47. The number of carbonyl (C=O) groups is 2. The molecule has 0 bridgehead atoms. The van der Waals surface area contributed by atoms with Crippen molar-refractivity contribution >= 4 is 17.9 Å². The first-order chi connectivity index (χ1) is 13.1. The number of amides is 2. The van der Waals surface area contributed by atoms with Gasteiger partial charge >= 0.3 is 6.09 Å². The Hall–Kier alpha value is -2.38. The molecule has 8 nitrogen and oxygen atoms in total. The lowest BCUT2D eigenvalue weighted by atomic mass is 10.00. The maximum absolute atomic E-state index is 12.5. The molecule has 0 spiro atoms. The van der Waals surface area contributed by atoms with Crippen LogP contribution in [-0.2, 0) is 4.74 Å². The van der Waals surface area contributed by atoms with Crippen molar-refractivity contribution in [3.8, 4) is 0 Å². The smallest absolute Gasteiger partial charge is 0.409 e. The van der Waals surface area contributed by atoms with Crippen LogP contribution < -0.4 is 10.2 Å². The molecule has 0 atom stereocenters. The first-order valence-corrected chi connectivity index (χ1v) is 9.86. The Bertz CT molecular complexity index is 635. The zero-order valence-corrected chi connectivity index (χ0v) is 16.2. The molecule has 3 heterocycles. The lowest BCUT2D eigenvalue weighted by Gasteiger charge is -2.31. The van der Waals surface area contributed by atoms with Crippen molar-refractivity contribution in [3.63, 3.8) is 0 Å². The molecule has 3 rings (SSSR count). The molecule has 2 amide bonds. The number of hydrogen-bond acceptors (Lipinski definition) is 6. The highest BCUT2D eigenvalue weighted by atomic mass is 16.6. The number of nitrogens with zero attached hydrogens (tertiary/aromatic N) is 4. The summed E-state index contributed by atoms with van der Waals surface area (Å²) in [6.45, 7) is 7.55. The Labute approximate surface area is 160 Å². The van der Waals surface area contributed by atoms with Gasteiger partial charge in [-0.1, -0.05) is 6.92 Å². The van der Waals surface area contributed by atoms with E-state index in [-0.39, 0.29) is 18.0 Å². The summed E-state index contributed by atoms with van der Waals surface area (Å²) in [7, 11) is 0. The number of nitrogens with one attached hydrogen (secondary N) is 1. The second kappa shape index (κ2) is 9.01. The zero-order chi connectivity index (χ0) is 19.2. The van der Waals surface area contributed by atoms with Gasteiger partial charge in [0, 0.05) is 44.6 Å². The van der Waals surface area contributed by atoms with Gasteiger partial charge in [-0.2, -0.15) is 0 Å². The van der Waals surface area contributed by atoms with E-state index in [1.807, 2.05) is 0 Å². The van der Waals surface area contributed by atoms with E-state index < -0.39 is 0 Å². The number of hydrogen-bond donors (Lipinski definition) is 1. The van der Waals surface area contributed by atoms with Crippen molar-refractivity contribution in [2.24, 2.45) is 5.92 Å². The van der Waals surface area contributed by atoms with E-state index >= 15 is 0 Å². The normalized spacial score (nSPS) is 19.0. The third-order valence-electron chi connectivity index (χ3n) is 5.32. The molecule has 27 heavy (non-hydrogen) atoms. The van der Waals surface area contributed by atoms with Gasteiger partial charge in [0.15, 0.2) is 0 Å². The molecule has 0 unspecified atom stereocenters. The molecule has 148 valence electrons. The van der Waals surface area contributed by atoms with Crippen molar-refractivity contribution in [1.29, 1.82) is 0 Å². The van der Waals surface area contributed by atoms with Gasteiger partial charge in [0.2, 0.25) is 5.95 Å². The van der Waals surface area contributed by atoms with Crippen LogP contribution in [0.4, 0.5) is 10.7 Å². The minimum Gasteiger partial charge on any atom is -0.450 e. The largest absolute Gasteiger partial charge is 0.450 e. The van der Waals surface area contributed by atoms with Crippen LogP contribution in [0.5, 0.6) is 0 Å². The highest BCUT2D eigenvalue weighted by Crippen LogP contribution is 2.19. The fourth-order valence-electron chi connectivity index (χ4n) is 3.50. The van der Waals surface area contributed by atoms with Gasteiger partial charge in [-0.15, -0.1) is 0 Å². The summed E-state index contributed by atoms with van der Waals surface area (Å²) in [6.07, 6.45) is 6.66. The van der Waals surface area contributed by atoms with Gasteiger partial charge in [0.1, 0.15) is 0 Å². The number of likely N-dealkylation sites (tertiary alicyclic amines) is 1. The number of rotatable bonds is 4. The zero-order valence-electron chi connectivity index (χ0n) is 16.2. The number of anilines is 1. The van der Waals surface area contributed by atoms with Crippen molar-refractivity contribution in [1.82, 2.24) is 20.2 Å². The van der Waals surface area contributed by atoms with Crippen molar-refractivity contribution in [2.75, 3.05) is 37.7 Å². The molecule has 2 aliphatic heterocycles. The second-order valence-electron chi connectivity index (χ2n) is 7.38. The molecule has 0 aliphatic carbocycles. The standard InChI is InChI=1S/C19H29N5O3/c1-3-27-19(26)24-10-6-16(7-11-24)22-17(25)15-12-20-18(21-13-15)23-8-4-14(2)5-9-23/h12-14,16H,3-11H2,1-2H3,(H,22,25). The molecule has 0 saturated carbocycles. The van der Waals surface area contributed by atoms with Crippen LogP contribution in [0.15, 0.2) is 12.4 Å². The van der Waals surface area contributed by atoms with E-state index in [9.17, 15) is 9.59 Å². The van der Waals surface area contributed by atoms with Gasteiger partial charge in [-0.3, -0.25) is 4.79 Å². The second-order valence-corrected chi connectivity index (χ2v) is 7.38. The van der Waals surface area contributed by atoms with Crippen LogP contribution in [0, 0.1) is 5.92 Å². The molecule has 1 aromatic rings. The van der Waals surface area contributed by atoms with E-state index in [1.54, 1.807) is 24.2 Å². The third-order valence-corrected chi connectivity index (χ3v) is 5.32. The summed E-state index contributed by atoms with van der Waals surface area (Å²) in [4.78, 5) is 36.8. The monoisotopic (exact) mass is 375 g/mol. The maximum Gasteiger partial charge on any atom is 0.409 e. The molecule has 0 aromatic carbocycles. The predicted molar refractivity (Wildman–Crippen MR) is 102 cm³/mol. The summed E-state index contributed by atoms with van der Waals surface area (Å²) in [5, 5.41) is 3.02. The van der Waals surface area contributed by atoms with Gasteiger partial charge < -0.3 is 19.9 Å². The summed E-state index contributed by atoms with van der Waals surface area (Å²) in [5.74, 6) is 1.28. The first-order valence-electron chi connectivity index (χ1n) is 9.86. The first kappa shape index (κ1) is 19.4. The fraction of sp³-hybridized carbons (Fsp3) is 0.684. The average Bonchev–Trinajstić information content (AvgIpc) is 2.69. The van der Waals surface area contributed by atoms with Gasteiger partial charge in [0.25, 0.3) is 5.91 Å². The lowest BCUT2D eigenvalue weighted by molar-refractivity contribution is 0.0859. The van der Waals surface area contributed by atoms with E-state index in [0.717, 1.165) is 44.7 Å². The number of piperidine rings is 2. The summed E-state index contributed by atoms with van der Waals surface area (Å²) < 4.78 is 5.01. The number of aromatic nitrogens is 2. The molecule has 2 fully saturated rings. The quantitative estimate of drug-likeness (QED) is 0.867. The summed E-state index contributed by atoms with van der Waals surface area (Å²) in [6, 6.07) is 0.0476. The molecular weight excluding hydrogens is 346 g/mol. The summed E-state index contributed by atoms with van der Waals surface area (Å²) >= 11 is 0.